The molecule has 1 aromatic carbocycles. The quantitative estimate of drug-likeness (QED) is 0.711. The van der Waals surface area contributed by atoms with E-state index in [0.717, 1.165) is 17.8 Å². The van der Waals surface area contributed by atoms with Crippen molar-refractivity contribution in [3.05, 3.63) is 24.3 Å². The Balaban J connectivity index is 2.46. The highest BCUT2D eigenvalue weighted by Gasteiger charge is 2.11. The van der Waals surface area contributed by atoms with E-state index in [1.807, 2.05) is 50.2 Å². The zero-order valence-corrected chi connectivity index (χ0v) is 12.8. The van der Waals surface area contributed by atoms with Crippen molar-refractivity contribution in [1.82, 2.24) is 5.32 Å². The topological polar surface area (TPSA) is 53.6 Å². The van der Waals surface area contributed by atoms with Gasteiger partial charge in [0.2, 0.25) is 5.91 Å². The molecule has 20 heavy (non-hydrogen) atoms. The molecule has 1 aromatic rings. The Morgan fingerprint density at radius 2 is 2.15 bits per heavy atom. The van der Waals surface area contributed by atoms with Crippen LogP contribution in [0.1, 0.15) is 13.3 Å². The summed E-state index contributed by atoms with van der Waals surface area (Å²) in [6, 6.07) is 7.72. The number of hydrogen-bond donors (Lipinski definition) is 2. The second-order valence-electron chi connectivity index (χ2n) is 4.95. The summed E-state index contributed by atoms with van der Waals surface area (Å²) in [7, 11) is 5.64. The second-order valence-corrected chi connectivity index (χ2v) is 4.95. The first-order chi connectivity index (χ1) is 9.54. The van der Waals surface area contributed by atoms with E-state index in [1.54, 1.807) is 7.11 Å². The average molecular weight is 279 g/mol. The van der Waals surface area contributed by atoms with Gasteiger partial charge in [0.25, 0.3) is 0 Å². The summed E-state index contributed by atoms with van der Waals surface area (Å²) in [4.78, 5) is 13.9. The van der Waals surface area contributed by atoms with Crippen molar-refractivity contribution in [2.45, 2.75) is 19.4 Å². The van der Waals surface area contributed by atoms with Crippen LogP contribution in [0.3, 0.4) is 0 Å². The fraction of sp³-hybridized carbons (Fsp3) is 0.533. The lowest BCUT2D eigenvalue weighted by atomic mass is 10.2. The number of nitrogens with zero attached hydrogens (tertiary/aromatic N) is 1. The number of anilines is 2. The maximum absolute atomic E-state index is 11.9. The molecule has 0 aliphatic heterocycles. The number of rotatable bonds is 8. The second kappa shape index (κ2) is 8.43. The van der Waals surface area contributed by atoms with Crippen LogP contribution in [0, 0.1) is 0 Å². The predicted octanol–water partition coefficient (Wildman–Crippen LogP) is 1.71. The summed E-state index contributed by atoms with van der Waals surface area (Å²) in [6.45, 7) is 3.15. The van der Waals surface area contributed by atoms with E-state index in [1.165, 1.54) is 0 Å². The Bertz CT molecular complexity index is 421. The third-order valence-electron chi connectivity index (χ3n) is 2.96. The standard InChI is InChI=1S/C15H25N3O2/c1-12(15(19)16-9-6-10-20-4)17-13-7-5-8-14(11-13)18(2)3/h5,7-8,11-12,17H,6,9-10H2,1-4H3,(H,16,19). The summed E-state index contributed by atoms with van der Waals surface area (Å²) in [6.07, 6.45) is 0.824. The van der Waals surface area contributed by atoms with Gasteiger partial charge in [0.15, 0.2) is 0 Å². The van der Waals surface area contributed by atoms with Crippen molar-refractivity contribution in [2.75, 3.05) is 44.6 Å². The molecule has 5 heteroatoms. The van der Waals surface area contributed by atoms with Gasteiger partial charge in [-0.3, -0.25) is 4.79 Å². The molecule has 1 unspecified atom stereocenters. The van der Waals surface area contributed by atoms with Gasteiger partial charge in [0.1, 0.15) is 6.04 Å². The fourth-order valence-corrected chi connectivity index (χ4v) is 1.77. The van der Waals surface area contributed by atoms with Crippen LogP contribution in [0.5, 0.6) is 0 Å². The molecule has 1 amide bonds. The molecule has 0 aromatic heterocycles. The van der Waals surface area contributed by atoms with Crippen LogP contribution in [0.15, 0.2) is 24.3 Å². The van der Waals surface area contributed by atoms with Crippen LogP contribution in [0.25, 0.3) is 0 Å². The lowest BCUT2D eigenvalue weighted by Gasteiger charge is -2.18. The molecule has 0 aliphatic rings. The van der Waals surface area contributed by atoms with Gasteiger partial charge in [-0.2, -0.15) is 0 Å². The van der Waals surface area contributed by atoms with Gasteiger partial charge >= 0.3 is 0 Å². The lowest BCUT2D eigenvalue weighted by molar-refractivity contribution is -0.121. The minimum Gasteiger partial charge on any atom is -0.385 e. The van der Waals surface area contributed by atoms with Crippen LogP contribution < -0.4 is 15.5 Å². The number of carbonyl (C=O) groups is 1. The molecule has 1 atom stereocenters. The zero-order chi connectivity index (χ0) is 15.0. The molecule has 0 saturated carbocycles. The number of ether oxygens (including phenoxy) is 1. The van der Waals surface area contributed by atoms with Gasteiger partial charge in [-0.25, -0.2) is 0 Å². The third-order valence-corrected chi connectivity index (χ3v) is 2.96. The number of amides is 1. The van der Waals surface area contributed by atoms with E-state index in [4.69, 9.17) is 4.74 Å². The van der Waals surface area contributed by atoms with Crippen molar-refractivity contribution < 1.29 is 9.53 Å². The van der Waals surface area contributed by atoms with E-state index < -0.39 is 0 Å². The van der Waals surface area contributed by atoms with Crippen molar-refractivity contribution in [3.63, 3.8) is 0 Å². The minimum atomic E-state index is -0.269. The number of nitrogens with one attached hydrogen (secondary N) is 2. The fourth-order valence-electron chi connectivity index (χ4n) is 1.77. The molecule has 2 N–H and O–H groups in total. The van der Waals surface area contributed by atoms with Gasteiger partial charge in [-0.05, 0) is 31.5 Å². The largest absolute Gasteiger partial charge is 0.385 e. The molecule has 112 valence electrons. The Hall–Kier alpha value is -1.75. The lowest BCUT2D eigenvalue weighted by Crippen LogP contribution is -2.38. The average Bonchev–Trinajstić information content (AvgIpc) is 2.43. The third kappa shape index (κ3) is 5.48. The zero-order valence-electron chi connectivity index (χ0n) is 12.8. The van der Waals surface area contributed by atoms with Crippen LogP contribution in [0.4, 0.5) is 11.4 Å². The monoisotopic (exact) mass is 279 g/mol. The van der Waals surface area contributed by atoms with Crippen LogP contribution >= 0.6 is 0 Å². The highest BCUT2D eigenvalue weighted by atomic mass is 16.5. The predicted molar refractivity (Wildman–Crippen MR) is 83.4 cm³/mol. The Morgan fingerprint density at radius 1 is 1.40 bits per heavy atom. The first-order valence-corrected chi connectivity index (χ1v) is 6.85. The highest BCUT2D eigenvalue weighted by molar-refractivity contribution is 5.84. The van der Waals surface area contributed by atoms with Gasteiger partial charge < -0.3 is 20.3 Å². The van der Waals surface area contributed by atoms with Gasteiger partial charge in [-0.1, -0.05) is 6.07 Å². The molecule has 0 aliphatic carbocycles. The molecule has 0 heterocycles. The van der Waals surface area contributed by atoms with Gasteiger partial charge in [-0.15, -0.1) is 0 Å². The van der Waals surface area contributed by atoms with Gasteiger partial charge in [0.05, 0.1) is 0 Å². The molecule has 0 spiro atoms. The number of benzene rings is 1. The van der Waals surface area contributed by atoms with E-state index in [9.17, 15) is 4.79 Å². The van der Waals surface area contributed by atoms with Crippen LogP contribution in [-0.4, -0.2) is 46.3 Å². The summed E-state index contributed by atoms with van der Waals surface area (Å²) in [5, 5.41) is 6.09. The van der Waals surface area contributed by atoms with Crippen molar-refractivity contribution in [2.24, 2.45) is 0 Å². The minimum absolute atomic E-state index is 0.00337. The van der Waals surface area contributed by atoms with Crippen molar-refractivity contribution >= 4 is 17.3 Å². The molecule has 0 fully saturated rings. The number of hydrogen-bond acceptors (Lipinski definition) is 4. The SMILES string of the molecule is COCCCNC(=O)C(C)Nc1cccc(N(C)C)c1. The summed E-state index contributed by atoms with van der Waals surface area (Å²) in [5.74, 6) is -0.00337. The summed E-state index contributed by atoms with van der Waals surface area (Å²) >= 11 is 0. The van der Waals surface area contributed by atoms with Gasteiger partial charge in [0, 0.05) is 45.7 Å². The molecule has 0 bridgehead atoms. The number of methoxy groups -OCH3 is 1. The van der Waals surface area contributed by atoms with Crippen LogP contribution in [-0.2, 0) is 9.53 Å². The molecule has 1 rings (SSSR count). The molecule has 0 radical (unpaired) electrons. The Morgan fingerprint density at radius 3 is 2.80 bits per heavy atom. The Labute approximate surface area is 121 Å². The number of carbonyl (C=O) groups excluding carboxylic acids is 1. The Kier molecular flexibility index (Phi) is 6.87. The van der Waals surface area contributed by atoms with Crippen molar-refractivity contribution in [1.29, 1.82) is 0 Å². The molecule has 5 nitrogen and oxygen atoms in total. The van der Waals surface area contributed by atoms with E-state index in [2.05, 4.69) is 10.6 Å². The van der Waals surface area contributed by atoms with E-state index in [-0.39, 0.29) is 11.9 Å². The normalized spacial score (nSPS) is 11.8. The summed E-state index contributed by atoms with van der Waals surface area (Å²) in [5.41, 5.74) is 2.04. The first-order valence-electron chi connectivity index (χ1n) is 6.85. The molecule has 0 saturated heterocycles. The van der Waals surface area contributed by atoms with Crippen molar-refractivity contribution in [3.8, 4) is 0 Å². The molecular formula is C15H25N3O2. The maximum Gasteiger partial charge on any atom is 0.242 e. The van der Waals surface area contributed by atoms with E-state index >= 15 is 0 Å². The molecular weight excluding hydrogens is 254 g/mol. The first kappa shape index (κ1) is 16.3. The smallest absolute Gasteiger partial charge is 0.242 e. The summed E-state index contributed by atoms with van der Waals surface area (Å²) < 4.78 is 4.94. The van der Waals surface area contributed by atoms with E-state index in [0.29, 0.717) is 13.2 Å². The van der Waals surface area contributed by atoms with Crippen LogP contribution in [0.2, 0.25) is 0 Å². The maximum atomic E-state index is 11.9. The highest BCUT2D eigenvalue weighted by Crippen LogP contribution is 2.17.